The highest BCUT2D eigenvalue weighted by molar-refractivity contribution is 6.05. The predicted molar refractivity (Wildman–Crippen MR) is 114 cm³/mol. The number of hydrogen-bond acceptors (Lipinski definition) is 5. The molecule has 1 saturated carbocycles. The fourth-order valence-electron chi connectivity index (χ4n) is 4.42. The average molecular weight is 408 g/mol. The number of likely N-dealkylation sites (tertiary alicyclic amines) is 1. The van der Waals surface area contributed by atoms with Crippen molar-refractivity contribution in [2.75, 3.05) is 19.6 Å². The highest BCUT2D eigenvalue weighted by atomic mass is 16.3. The van der Waals surface area contributed by atoms with Crippen molar-refractivity contribution in [2.24, 2.45) is 0 Å². The van der Waals surface area contributed by atoms with E-state index in [0.29, 0.717) is 18.0 Å². The van der Waals surface area contributed by atoms with E-state index in [1.54, 1.807) is 12.5 Å². The number of carbonyl (C=O) groups excluding carboxylic acids is 1. The Hall–Kier alpha value is -2.67. The molecule has 0 spiro atoms. The van der Waals surface area contributed by atoms with Crippen molar-refractivity contribution in [1.82, 2.24) is 25.0 Å². The Morgan fingerprint density at radius 3 is 2.77 bits per heavy atom. The van der Waals surface area contributed by atoms with E-state index < -0.39 is 0 Å². The summed E-state index contributed by atoms with van der Waals surface area (Å²) in [5, 5.41) is 8.51. The topological polar surface area (TPSA) is 76.2 Å². The smallest absolute Gasteiger partial charge is 0.252 e. The van der Waals surface area contributed by atoms with Gasteiger partial charge in [-0.1, -0.05) is 0 Å². The van der Waals surface area contributed by atoms with Crippen LogP contribution in [0.1, 0.15) is 79.3 Å². The largest absolute Gasteiger partial charge is 0.468 e. The van der Waals surface area contributed by atoms with Crippen molar-refractivity contribution in [3.8, 4) is 0 Å². The fraction of sp³-hybridized carbons (Fsp3) is 0.522. The molecular weight excluding hydrogens is 378 g/mol. The molecule has 1 aliphatic heterocycles. The van der Waals surface area contributed by atoms with Gasteiger partial charge in [-0.2, -0.15) is 5.10 Å². The van der Waals surface area contributed by atoms with Gasteiger partial charge in [-0.15, -0.1) is 0 Å². The van der Waals surface area contributed by atoms with E-state index in [9.17, 15) is 4.79 Å². The molecule has 158 valence electrons. The van der Waals surface area contributed by atoms with Gasteiger partial charge < -0.3 is 9.73 Å². The number of pyridine rings is 1. The molecule has 3 aromatic rings. The van der Waals surface area contributed by atoms with Crippen LogP contribution in [0.25, 0.3) is 11.0 Å². The predicted octanol–water partition coefficient (Wildman–Crippen LogP) is 4.05. The molecule has 0 radical (unpaired) electrons. The number of amides is 1. The van der Waals surface area contributed by atoms with Crippen molar-refractivity contribution < 1.29 is 9.21 Å². The molecule has 3 aromatic heterocycles. The van der Waals surface area contributed by atoms with Crippen LogP contribution in [0, 0.1) is 0 Å². The minimum absolute atomic E-state index is 0.0602. The summed E-state index contributed by atoms with van der Waals surface area (Å²) in [4.78, 5) is 20.6. The quantitative estimate of drug-likeness (QED) is 0.639. The second-order valence-electron chi connectivity index (χ2n) is 8.77. The van der Waals surface area contributed by atoms with Crippen LogP contribution in [0.15, 0.2) is 35.1 Å². The molecule has 0 bridgehead atoms. The second-order valence-corrected chi connectivity index (χ2v) is 8.77. The Balaban J connectivity index is 1.42. The molecule has 2 fully saturated rings. The summed E-state index contributed by atoms with van der Waals surface area (Å²) in [7, 11) is 0. The average Bonchev–Trinajstić information content (AvgIpc) is 3.16. The zero-order valence-corrected chi connectivity index (χ0v) is 17.7. The number of aromatic nitrogens is 3. The van der Waals surface area contributed by atoms with Crippen molar-refractivity contribution in [2.45, 2.75) is 57.5 Å². The summed E-state index contributed by atoms with van der Waals surface area (Å²) >= 11 is 0. The molecule has 0 aromatic carbocycles. The minimum atomic E-state index is -0.0663. The van der Waals surface area contributed by atoms with Gasteiger partial charge in [0.05, 0.1) is 29.5 Å². The maximum absolute atomic E-state index is 13.3. The van der Waals surface area contributed by atoms with E-state index in [-0.39, 0.29) is 18.0 Å². The van der Waals surface area contributed by atoms with Crippen LogP contribution in [-0.4, -0.2) is 45.2 Å². The molecule has 1 N–H and O–H groups in total. The lowest BCUT2D eigenvalue weighted by atomic mass is 10.1. The zero-order valence-electron chi connectivity index (χ0n) is 17.7. The molecule has 4 heterocycles. The van der Waals surface area contributed by atoms with Crippen LogP contribution in [0.3, 0.4) is 0 Å². The maximum Gasteiger partial charge on any atom is 0.252 e. The number of rotatable bonds is 7. The summed E-state index contributed by atoms with van der Waals surface area (Å²) in [6.07, 6.45) is 8.15. The van der Waals surface area contributed by atoms with Gasteiger partial charge in [0.2, 0.25) is 0 Å². The second kappa shape index (κ2) is 7.87. The molecule has 1 amide bonds. The lowest BCUT2D eigenvalue weighted by Crippen LogP contribution is -2.36. The first kappa shape index (κ1) is 19.3. The number of hydrogen-bond donors (Lipinski definition) is 1. The van der Waals surface area contributed by atoms with Crippen LogP contribution in [-0.2, 0) is 0 Å². The fourth-order valence-corrected chi connectivity index (χ4v) is 4.42. The molecule has 30 heavy (non-hydrogen) atoms. The Labute approximate surface area is 176 Å². The minimum Gasteiger partial charge on any atom is -0.468 e. The van der Waals surface area contributed by atoms with Crippen molar-refractivity contribution in [3.63, 3.8) is 0 Å². The van der Waals surface area contributed by atoms with E-state index in [4.69, 9.17) is 9.40 Å². The Morgan fingerprint density at radius 2 is 2.10 bits per heavy atom. The monoisotopic (exact) mass is 407 g/mol. The van der Waals surface area contributed by atoms with Crippen molar-refractivity contribution in [3.05, 3.63) is 47.7 Å². The van der Waals surface area contributed by atoms with Crippen LogP contribution >= 0.6 is 0 Å². The molecule has 2 aliphatic rings. The van der Waals surface area contributed by atoms with E-state index in [1.807, 2.05) is 22.9 Å². The first-order valence-corrected chi connectivity index (χ1v) is 11.1. The van der Waals surface area contributed by atoms with Gasteiger partial charge in [0.15, 0.2) is 5.65 Å². The molecule has 1 aliphatic carbocycles. The lowest BCUT2D eigenvalue weighted by Gasteiger charge is -2.26. The molecule has 5 rings (SSSR count). The van der Waals surface area contributed by atoms with Gasteiger partial charge in [-0.05, 0) is 70.8 Å². The number of fused-ring (bicyclic) bond motifs is 1. The molecule has 1 unspecified atom stereocenters. The SMILES string of the molecule is CC(C)n1ncc2c(C(=O)NCC(c3ccco3)N3CCCC3)cc(C3CC3)nc21. The van der Waals surface area contributed by atoms with Gasteiger partial charge in [-0.25, -0.2) is 9.67 Å². The highest BCUT2D eigenvalue weighted by Gasteiger charge is 2.29. The summed E-state index contributed by atoms with van der Waals surface area (Å²) in [5.74, 6) is 1.31. The lowest BCUT2D eigenvalue weighted by molar-refractivity contribution is 0.0935. The van der Waals surface area contributed by atoms with E-state index in [2.05, 4.69) is 29.2 Å². The van der Waals surface area contributed by atoms with Crippen LogP contribution in [0.2, 0.25) is 0 Å². The van der Waals surface area contributed by atoms with Crippen LogP contribution < -0.4 is 5.32 Å². The van der Waals surface area contributed by atoms with Gasteiger partial charge >= 0.3 is 0 Å². The third-order valence-electron chi connectivity index (χ3n) is 6.22. The van der Waals surface area contributed by atoms with E-state index in [0.717, 1.165) is 48.4 Å². The van der Waals surface area contributed by atoms with Crippen LogP contribution in [0.4, 0.5) is 0 Å². The number of furan rings is 1. The Bertz CT molecular complexity index is 1030. The highest BCUT2D eigenvalue weighted by Crippen LogP contribution is 2.40. The summed E-state index contributed by atoms with van der Waals surface area (Å²) in [6.45, 7) is 6.76. The van der Waals surface area contributed by atoms with Crippen molar-refractivity contribution in [1.29, 1.82) is 0 Å². The number of nitrogens with one attached hydrogen (secondary N) is 1. The maximum atomic E-state index is 13.3. The first-order valence-electron chi connectivity index (χ1n) is 11.1. The molecular formula is C23H29N5O2. The molecule has 7 nitrogen and oxygen atoms in total. The third-order valence-corrected chi connectivity index (χ3v) is 6.22. The Morgan fingerprint density at radius 1 is 1.30 bits per heavy atom. The summed E-state index contributed by atoms with van der Waals surface area (Å²) in [6, 6.07) is 6.13. The molecule has 1 atom stereocenters. The first-order chi connectivity index (χ1) is 14.6. The van der Waals surface area contributed by atoms with Crippen molar-refractivity contribution >= 4 is 16.9 Å². The Kier molecular flexibility index (Phi) is 5.06. The molecule has 1 saturated heterocycles. The zero-order chi connectivity index (χ0) is 20.7. The van der Waals surface area contributed by atoms with Gasteiger partial charge in [0, 0.05) is 24.2 Å². The number of carbonyl (C=O) groups is 1. The van der Waals surface area contributed by atoms with E-state index in [1.165, 1.54) is 12.8 Å². The molecule has 7 heteroatoms. The standard InChI is InChI=1S/C23H29N5O2/c1-15(2)28-22-18(13-25-28)17(12-19(26-22)16-7-8-16)23(29)24-14-20(21-6-5-11-30-21)27-9-3-4-10-27/h5-6,11-13,15-16,20H,3-4,7-10,14H2,1-2H3,(H,24,29). The summed E-state index contributed by atoms with van der Waals surface area (Å²) < 4.78 is 7.60. The third kappa shape index (κ3) is 3.62. The van der Waals surface area contributed by atoms with Gasteiger partial charge in [-0.3, -0.25) is 9.69 Å². The summed E-state index contributed by atoms with van der Waals surface area (Å²) in [5.41, 5.74) is 2.49. The van der Waals surface area contributed by atoms with Gasteiger partial charge in [0.1, 0.15) is 5.76 Å². The van der Waals surface area contributed by atoms with Gasteiger partial charge in [0.25, 0.3) is 5.91 Å². The van der Waals surface area contributed by atoms with E-state index >= 15 is 0 Å². The normalized spacial score (nSPS) is 18.4. The number of nitrogens with zero attached hydrogens (tertiary/aromatic N) is 4. The van der Waals surface area contributed by atoms with Crippen LogP contribution in [0.5, 0.6) is 0 Å².